The third-order valence-corrected chi connectivity index (χ3v) is 4.01. The van der Waals surface area contributed by atoms with Crippen LogP contribution in [0.15, 0.2) is 24.3 Å². The van der Waals surface area contributed by atoms with Gasteiger partial charge in [0.25, 0.3) is 0 Å². The third-order valence-electron chi connectivity index (χ3n) is 4.01. The predicted molar refractivity (Wildman–Crippen MR) is 82.3 cm³/mol. The fourth-order valence-electron chi connectivity index (χ4n) is 2.79. The summed E-state index contributed by atoms with van der Waals surface area (Å²) >= 11 is 0. The summed E-state index contributed by atoms with van der Waals surface area (Å²) in [4.78, 5) is 14.4. The summed E-state index contributed by atoms with van der Waals surface area (Å²) in [6.45, 7) is 3.36. The molecule has 2 unspecified atom stereocenters. The highest BCUT2D eigenvalue weighted by atomic mass is 16.5. The topological polar surface area (TPSA) is 61.8 Å². The van der Waals surface area contributed by atoms with Crippen LogP contribution in [0.2, 0.25) is 0 Å². The molecule has 21 heavy (non-hydrogen) atoms. The zero-order valence-corrected chi connectivity index (χ0v) is 12.7. The molecule has 0 fully saturated rings. The van der Waals surface area contributed by atoms with Gasteiger partial charge < -0.3 is 20.1 Å². The fourth-order valence-corrected chi connectivity index (χ4v) is 2.79. The molecule has 0 radical (unpaired) electrons. The molecule has 1 heterocycles. The van der Waals surface area contributed by atoms with E-state index in [1.807, 2.05) is 25.1 Å². The first-order valence-corrected chi connectivity index (χ1v) is 7.40. The number of aliphatic hydroxyl groups excluding tert-OH is 1. The number of para-hydroxylation sites is 1. The maximum atomic E-state index is 12.7. The fraction of sp³-hybridized carbons (Fsp3) is 0.562. The molecule has 116 valence electrons. The molecule has 0 saturated heterocycles. The largest absolute Gasteiger partial charge is 0.395 e. The number of methoxy groups -OCH3 is 1. The third kappa shape index (κ3) is 3.74. The van der Waals surface area contributed by atoms with Crippen molar-refractivity contribution in [2.24, 2.45) is 5.92 Å². The smallest absolute Gasteiger partial charge is 0.228 e. The van der Waals surface area contributed by atoms with Gasteiger partial charge >= 0.3 is 0 Å². The van der Waals surface area contributed by atoms with Crippen molar-refractivity contribution in [3.63, 3.8) is 0 Å². The van der Waals surface area contributed by atoms with Gasteiger partial charge in [-0.25, -0.2) is 0 Å². The minimum atomic E-state index is -0.108. The number of hydrogen-bond acceptors (Lipinski definition) is 4. The lowest BCUT2D eigenvalue weighted by atomic mass is 9.87. The highest BCUT2D eigenvalue weighted by Gasteiger charge is 2.33. The molecule has 5 heteroatoms. The zero-order valence-electron chi connectivity index (χ0n) is 12.7. The highest BCUT2D eigenvalue weighted by Crippen LogP contribution is 2.29. The molecule has 2 N–H and O–H groups in total. The highest BCUT2D eigenvalue weighted by molar-refractivity contribution is 5.81. The van der Waals surface area contributed by atoms with Crippen LogP contribution in [0.5, 0.6) is 0 Å². The quantitative estimate of drug-likeness (QED) is 0.825. The van der Waals surface area contributed by atoms with Crippen molar-refractivity contribution in [1.82, 2.24) is 4.90 Å². The van der Waals surface area contributed by atoms with Crippen LogP contribution in [0.25, 0.3) is 0 Å². The number of anilines is 1. The van der Waals surface area contributed by atoms with Crippen molar-refractivity contribution in [3.8, 4) is 0 Å². The van der Waals surface area contributed by atoms with Gasteiger partial charge in [0, 0.05) is 31.9 Å². The molecule has 1 aromatic carbocycles. The van der Waals surface area contributed by atoms with Crippen LogP contribution in [-0.2, 0) is 16.0 Å². The van der Waals surface area contributed by atoms with E-state index >= 15 is 0 Å². The van der Waals surface area contributed by atoms with Crippen molar-refractivity contribution >= 4 is 11.6 Å². The number of carbonyl (C=O) groups is 1. The van der Waals surface area contributed by atoms with Gasteiger partial charge in [-0.05, 0) is 25.0 Å². The average Bonchev–Trinajstić information content (AvgIpc) is 2.50. The Balaban J connectivity index is 2.10. The van der Waals surface area contributed by atoms with Gasteiger partial charge in [-0.15, -0.1) is 0 Å². The Kier molecular flexibility index (Phi) is 5.59. The molecule has 1 aromatic rings. The maximum absolute atomic E-state index is 12.7. The summed E-state index contributed by atoms with van der Waals surface area (Å²) in [5.41, 5.74) is 2.28. The molecule has 2 rings (SSSR count). The van der Waals surface area contributed by atoms with E-state index in [2.05, 4.69) is 11.4 Å². The molecule has 0 saturated carbocycles. The Morgan fingerprint density at radius 1 is 1.43 bits per heavy atom. The van der Waals surface area contributed by atoms with Crippen LogP contribution in [0.1, 0.15) is 12.5 Å². The number of ether oxygens (including phenoxy) is 1. The SMILES string of the molecule is COCCN(CCO)C(=O)C1Cc2ccccc2NC1C. The van der Waals surface area contributed by atoms with Crippen LogP contribution < -0.4 is 5.32 Å². The van der Waals surface area contributed by atoms with Gasteiger partial charge in [0.1, 0.15) is 0 Å². The van der Waals surface area contributed by atoms with Crippen molar-refractivity contribution in [2.45, 2.75) is 19.4 Å². The maximum Gasteiger partial charge on any atom is 0.228 e. The second-order valence-corrected chi connectivity index (χ2v) is 5.44. The molecule has 1 aliphatic rings. The molecule has 0 spiro atoms. The molecule has 5 nitrogen and oxygen atoms in total. The lowest BCUT2D eigenvalue weighted by Gasteiger charge is -2.35. The molecule has 1 amide bonds. The Labute approximate surface area is 125 Å². The lowest BCUT2D eigenvalue weighted by molar-refractivity contribution is -0.137. The molecule has 0 aliphatic carbocycles. The monoisotopic (exact) mass is 292 g/mol. The molecule has 2 atom stereocenters. The Morgan fingerprint density at radius 3 is 2.90 bits per heavy atom. The van der Waals surface area contributed by atoms with Crippen LogP contribution in [-0.4, -0.2) is 55.4 Å². The lowest BCUT2D eigenvalue weighted by Crippen LogP contribution is -2.47. The van der Waals surface area contributed by atoms with Gasteiger partial charge in [-0.2, -0.15) is 0 Å². The number of rotatable bonds is 6. The van der Waals surface area contributed by atoms with Crippen molar-refractivity contribution in [1.29, 1.82) is 0 Å². The summed E-state index contributed by atoms with van der Waals surface area (Å²) in [5, 5.41) is 12.6. The van der Waals surface area contributed by atoms with Crippen molar-refractivity contribution in [2.75, 3.05) is 38.7 Å². The van der Waals surface area contributed by atoms with E-state index in [1.165, 1.54) is 5.56 Å². The van der Waals surface area contributed by atoms with E-state index < -0.39 is 0 Å². The van der Waals surface area contributed by atoms with Crippen LogP contribution in [0.3, 0.4) is 0 Å². The van der Waals surface area contributed by atoms with Gasteiger partial charge in [-0.1, -0.05) is 18.2 Å². The van der Waals surface area contributed by atoms with E-state index in [-0.39, 0.29) is 24.5 Å². The first-order chi connectivity index (χ1) is 10.2. The van der Waals surface area contributed by atoms with Gasteiger partial charge in [0.05, 0.1) is 19.1 Å². The Morgan fingerprint density at radius 2 is 2.19 bits per heavy atom. The summed E-state index contributed by atoms with van der Waals surface area (Å²) < 4.78 is 5.05. The van der Waals surface area contributed by atoms with Crippen LogP contribution in [0, 0.1) is 5.92 Å². The van der Waals surface area contributed by atoms with Crippen LogP contribution >= 0.6 is 0 Å². The number of nitrogens with one attached hydrogen (secondary N) is 1. The summed E-state index contributed by atoms with van der Waals surface area (Å²) in [5.74, 6) is -0.0288. The summed E-state index contributed by atoms with van der Waals surface area (Å²) in [6, 6.07) is 8.17. The molecule has 1 aliphatic heterocycles. The normalized spacial score (nSPS) is 20.5. The van der Waals surface area contributed by atoms with Gasteiger partial charge in [0.2, 0.25) is 5.91 Å². The minimum absolute atomic E-state index is 0.0272. The van der Waals surface area contributed by atoms with E-state index in [4.69, 9.17) is 9.84 Å². The number of aliphatic hydroxyl groups is 1. The predicted octanol–water partition coefficient (Wildman–Crippen LogP) is 1.13. The number of amides is 1. The number of fused-ring (bicyclic) bond motifs is 1. The van der Waals surface area contributed by atoms with Gasteiger partial charge in [-0.3, -0.25) is 4.79 Å². The summed E-state index contributed by atoms with van der Waals surface area (Å²) in [6.07, 6.45) is 0.734. The van der Waals surface area contributed by atoms with Crippen LogP contribution in [0.4, 0.5) is 5.69 Å². The van der Waals surface area contributed by atoms with E-state index in [0.29, 0.717) is 19.7 Å². The molecular formula is C16H24N2O3. The Bertz CT molecular complexity index is 478. The number of nitrogens with zero attached hydrogens (tertiary/aromatic N) is 1. The first-order valence-electron chi connectivity index (χ1n) is 7.40. The van der Waals surface area contributed by atoms with E-state index in [0.717, 1.165) is 12.1 Å². The zero-order chi connectivity index (χ0) is 15.2. The standard InChI is InChI=1S/C16H24N2O3/c1-12-14(11-13-5-3-4-6-15(13)17-12)16(20)18(7-9-19)8-10-21-2/h3-6,12,14,17,19H,7-11H2,1-2H3. The van der Waals surface area contributed by atoms with Crippen molar-refractivity contribution in [3.05, 3.63) is 29.8 Å². The van der Waals surface area contributed by atoms with E-state index in [1.54, 1.807) is 12.0 Å². The summed E-state index contributed by atoms with van der Waals surface area (Å²) in [7, 11) is 1.61. The molecule has 0 aromatic heterocycles. The molecule has 0 bridgehead atoms. The molecular weight excluding hydrogens is 268 g/mol. The van der Waals surface area contributed by atoms with Crippen molar-refractivity contribution < 1.29 is 14.6 Å². The minimum Gasteiger partial charge on any atom is -0.395 e. The number of hydrogen-bond donors (Lipinski definition) is 2. The first kappa shape index (κ1) is 15.8. The number of carbonyl (C=O) groups excluding carboxylic acids is 1. The average molecular weight is 292 g/mol. The van der Waals surface area contributed by atoms with Gasteiger partial charge in [0.15, 0.2) is 0 Å². The number of benzene rings is 1. The Hall–Kier alpha value is -1.59. The second kappa shape index (κ2) is 7.43. The van der Waals surface area contributed by atoms with E-state index in [9.17, 15) is 4.79 Å². The second-order valence-electron chi connectivity index (χ2n) is 5.44.